The van der Waals surface area contributed by atoms with Crippen molar-refractivity contribution in [3.8, 4) is 0 Å². The lowest BCUT2D eigenvalue weighted by Crippen LogP contribution is -2.49. The Morgan fingerprint density at radius 1 is 1.04 bits per heavy atom. The van der Waals surface area contributed by atoms with Gasteiger partial charge in [0.1, 0.15) is 12.3 Å². The van der Waals surface area contributed by atoms with Crippen LogP contribution in [0.3, 0.4) is 0 Å². The predicted molar refractivity (Wildman–Crippen MR) is 109 cm³/mol. The van der Waals surface area contributed by atoms with Crippen LogP contribution in [0.15, 0.2) is 0 Å². The van der Waals surface area contributed by atoms with Crippen LogP contribution in [-0.2, 0) is 14.0 Å². The highest BCUT2D eigenvalue weighted by Crippen LogP contribution is 2.42. The molecule has 0 bridgehead atoms. The Hall–Kier alpha value is -1.08. The van der Waals surface area contributed by atoms with Crippen molar-refractivity contribution in [2.75, 3.05) is 26.4 Å². The summed E-state index contributed by atoms with van der Waals surface area (Å²) in [6, 6.07) is 0. The molecule has 0 aromatic carbocycles. The molecule has 0 aromatic heterocycles. The Morgan fingerprint density at radius 3 is 2.04 bits per heavy atom. The average molecular weight is 399 g/mol. The molecule has 0 saturated carbocycles. The fourth-order valence-electron chi connectivity index (χ4n) is 3.38. The number of carbonyl (C=O) groups excluding carboxylic acids is 2. The minimum Gasteiger partial charge on any atom is -0.444 e. The van der Waals surface area contributed by atoms with Crippen LogP contribution in [0.2, 0.25) is 18.1 Å². The summed E-state index contributed by atoms with van der Waals surface area (Å²) in [6.07, 6.45) is 2.00. The number of piperidine rings is 1. The van der Waals surface area contributed by atoms with Crippen LogP contribution in [0.5, 0.6) is 0 Å². The molecule has 0 unspecified atom stereocenters. The Morgan fingerprint density at radius 2 is 1.56 bits per heavy atom. The number of rotatable bonds is 3. The number of likely N-dealkylation sites (tertiary alicyclic amines) is 2. The average Bonchev–Trinajstić information content (AvgIpc) is 2.80. The molecule has 2 amide bonds. The van der Waals surface area contributed by atoms with E-state index in [4.69, 9.17) is 9.16 Å². The Balaban J connectivity index is 1.91. The van der Waals surface area contributed by atoms with Crippen molar-refractivity contribution in [1.29, 1.82) is 0 Å². The third kappa shape index (κ3) is 5.05. The van der Waals surface area contributed by atoms with Gasteiger partial charge in [-0.2, -0.15) is 0 Å². The van der Waals surface area contributed by atoms with Gasteiger partial charge in [-0.25, -0.2) is 4.79 Å². The minimum absolute atomic E-state index is 0.131. The van der Waals surface area contributed by atoms with Gasteiger partial charge in [0.2, 0.25) is 5.91 Å². The van der Waals surface area contributed by atoms with Gasteiger partial charge in [0.25, 0.3) is 0 Å². The van der Waals surface area contributed by atoms with E-state index in [1.54, 1.807) is 4.90 Å². The second-order valence-corrected chi connectivity index (χ2v) is 15.4. The Labute approximate surface area is 165 Å². The molecular weight excluding hydrogens is 360 g/mol. The number of amides is 2. The highest BCUT2D eigenvalue weighted by molar-refractivity contribution is 6.74. The smallest absolute Gasteiger partial charge is 0.410 e. The molecule has 6 nitrogen and oxygen atoms in total. The SMILES string of the molecule is CC(C)(C)OC(=O)N1CCC2(CC1)CCN(CO[Si](C)(C)C(C)(C)C)C2=O. The number of hydrogen-bond acceptors (Lipinski definition) is 4. The number of nitrogens with zero attached hydrogens (tertiary/aromatic N) is 2. The normalized spacial score (nSPS) is 21.1. The summed E-state index contributed by atoms with van der Waals surface area (Å²) < 4.78 is 11.7. The molecule has 2 rings (SSSR count). The van der Waals surface area contributed by atoms with Gasteiger partial charge < -0.3 is 19.0 Å². The van der Waals surface area contributed by atoms with E-state index in [0.29, 0.717) is 32.7 Å². The maximum atomic E-state index is 13.1. The maximum absolute atomic E-state index is 13.1. The number of ether oxygens (including phenoxy) is 1. The highest BCUT2D eigenvalue weighted by atomic mass is 28.4. The topological polar surface area (TPSA) is 59.1 Å². The van der Waals surface area contributed by atoms with Crippen LogP contribution >= 0.6 is 0 Å². The lowest BCUT2D eigenvalue weighted by atomic mass is 9.77. The van der Waals surface area contributed by atoms with Gasteiger partial charge in [-0.05, 0) is 58.2 Å². The zero-order valence-electron chi connectivity index (χ0n) is 18.5. The largest absolute Gasteiger partial charge is 0.444 e. The van der Waals surface area contributed by atoms with Crippen molar-refractivity contribution in [2.45, 2.75) is 84.5 Å². The van der Waals surface area contributed by atoms with Crippen LogP contribution < -0.4 is 0 Å². The van der Waals surface area contributed by atoms with E-state index in [0.717, 1.165) is 13.0 Å². The van der Waals surface area contributed by atoms with E-state index in [2.05, 4.69) is 33.9 Å². The zero-order valence-corrected chi connectivity index (χ0v) is 19.5. The first-order valence-corrected chi connectivity index (χ1v) is 13.0. The molecule has 1 spiro atoms. The van der Waals surface area contributed by atoms with Gasteiger partial charge in [-0.3, -0.25) is 4.79 Å². The van der Waals surface area contributed by atoms with Crippen molar-refractivity contribution in [2.24, 2.45) is 5.41 Å². The molecule has 2 saturated heterocycles. The fraction of sp³-hybridized carbons (Fsp3) is 0.900. The molecular formula is C20H38N2O4Si. The molecule has 0 radical (unpaired) electrons. The molecule has 2 fully saturated rings. The third-order valence-electron chi connectivity index (χ3n) is 6.36. The van der Waals surface area contributed by atoms with Crippen LogP contribution in [0, 0.1) is 5.41 Å². The molecule has 2 heterocycles. The summed E-state index contributed by atoms with van der Waals surface area (Å²) in [5.41, 5.74) is -0.817. The lowest BCUT2D eigenvalue weighted by Gasteiger charge is -2.39. The monoisotopic (exact) mass is 398 g/mol. The van der Waals surface area contributed by atoms with Crippen molar-refractivity contribution in [1.82, 2.24) is 9.80 Å². The first-order valence-electron chi connectivity index (χ1n) is 10.1. The predicted octanol–water partition coefficient (Wildman–Crippen LogP) is 4.22. The van der Waals surface area contributed by atoms with Crippen molar-refractivity contribution in [3.63, 3.8) is 0 Å². The molecule has 27 heavy (non-hydrogen) atoms. The fourth-order valence-corrected chi connectivity index (χ4v) is 4.29. The van der Waals surface area contributed by atoms with Crippen LogP contribution in [-0.4, -0.2) is 62.1 Å². The van der Waals surface area contributed by atoms with E-state index in [1.165, 1.54) is 0 Å². The summed E-state index contributed by atoms with van der Waals surface area (Å²) in [5.74, 6) is 0.199. The van der Waals surface area contributed by atoms with Gasteiger partial charge in [0.15, 0.2) is 8.32 Å². The van der Waals surface area contributed by atoms with Gasteiger partial charge in [-0.15, -0.1) is 0 Å². The van der Waals surface area contributed by atoms with E-state index in [1.807, 2.05) is 25.7 Å². The van der Waals surface area contributed by atoms with E-state index < -0.39 is 13.9 Å². The van der Waals surface area contributed by atoms with Gasteiger partial charge in [0.05, 0.1) is 5.41 Å². The van der Waals surface area contributed by atoms with Crippen molar-refractivity contribution < 1.29 is 18.8 Å². The molecule has 2 aliphatic heterocycles. The first-order chi connectivity index (χ1) is 12.2. The van der Waals surface area contributed by atoms with E-state index in [-0.39, 0.29) is 22.5 Å². The van der Waals surface area contributed by atoms with Crippen molar-refractivity contribution >= 4 is 20.3 Å². The van der Waals surface area contributed by atoms with Gasteiger partial charge in [0, 0.05) is 19.6 Å². The maximum Gasteiger partial charge on any atom is 0.410 e. The zero-order chi connectivity index (χ0) is 20.7. The molecule has 0 aliphatic carbocycles. The van der Waals surface area contributed by atoms with Gasteiger partial charge in [-0.1, -0.05) is 20.8 Å². The summed E-state index contributed by atoms with van der Waals surface area (Å²) in [7, 11) is -1.88. The van der Waals surface area contributed by atoms with Crippen LogP contribution in [0.25, 0.3) is 0 Å². The summed E-state index contributed by atoms with van der Waals surface area (Å²) in [4.78, 5) is 29.0. The Kier molecular flexibility index (Phi) is 6.08. The van der Waals surface area contributed by atoms with Gasteiger partial charge >= 0.3 is 6.09 Å². The minimum atomic E-state index is -1.88. The molecule has 156 valence electrons. The molecule has 0 aromatic rings. The summed E-state index contributed by atoms with van der Waals surface area (Å²) in [6.45, 7) is 19.0. The van der Waals surface area contributed by atoms with E-state index in [9.17, 15) is 9.59 Å². The van der Waals surface area contributed by atoms with Crippen molar-refractivity contribution in [3.05, 3.63) is 0 Å². The quantitative estimate of drug-likeness (QED) is 0.668. The lowest BCUT2D eigenvalue weighted by molar-refractivity contribution is -0.140. The second-order valence-electron chi connectivity index (χ2n) is 10.6. The highest BCUT2D eigenvalue weighted by Gasteiger charge is 2.49. The number of hydrogen-bond donors (Lipinski definition) is 0. The molecule has 2 aliphatic rings. The number of carbonyl (C=O) groups is 2. The molecule has 0 N–H and O–H groups in total. The summed E-state index contributed by atoms with van der Waals surface area (Å²) >= 11 is 0. The summed E-state index contributed by atoms with van der Waals surface area (Å²) in [5, 5.41) is 0.131. The Bertz CT molecular complexity index is 570. The third-order valence-corrected chi connectivity index (χ3v) is 10.8. The van der Waals surface area contributed by atoms with Crippen LogP contribution in [0.1, 0.15) is 60.8 Å². The first kappa shape index (κ1) is 22.2. The van der Waals surface area contributed by atoms with Crippen LogP contribution in [0.4, 0.5) is 4.79 Å². The molecule has 7 heteroatoms. The molecule has 0 atom stereocenters. The van der Waals surface area contributed by atoms with E-state index >= 15 is 0 Å². The second kappa shape index (κ2) is 7.39. The standard InChI is InChI=1S/C20H38N2O4Si/c1-18(2,3)26-17(24)21-12-9-20(10-13-21)11-14-22(16(20)23)15-25-27(7,8)19(4,5)6/h9-15H2,1-8H3.